The first kappa shape index (κ1) is 88.8. The van der Waals surface area contributed by atoms with Crippen molar-refractivity contribution in [2.45, 2.75) is 298 Å². The molecule has 0 atom stereocenters. The number of unbranched alkanes of at least 4 members (excludes halogenated alkanes) is 21. The van der Waals surface area contributed by atoms with Crippen LogP contribution in [-0.4, -0.2) is 53.2 Å². The van der Waals surface area contributed by atoms with Gasteiger partial charge in [0.15, 0.2) is 0 Å². The van der Waals surface area contributed by atoms with Gasteiger partial charge < -0.3 is 33.3 Å². The Kier molecular flexibility index (Phi) is 34.4. The molecule has 0 unspecified atom stereocenters. The summed E-state index contributed by atoms with van der Waals surface area (Å²) in [5.74, 6) is 0. The van der Waals surface area contributed by atoms with Gasteiger partial charge in [-0.2, -0.15) is 0 Å². The molecule has 9 aromatic carbocycles. The van der Waals surface area contributed by atoms with Crippen LogP contribution in [0.2, 0.25) is 0 Å². The van der Waals surface area contributed by atoms with Gasteiger partial charge in [-0.25, -0.2) is 0 Å². The predicted molar refractivity (Wildman–Crippen MR) is 495 cm³/mol. The van der Waals surface area contributed by atoms with Crippen LogP contribution in [-0.2, 0) is 58.9 Å². The molecule has 7 nitrogen and oxygen atoms in total. The molecule has 0 spiro atoms. The molecule has 2 heterocycles. The molecule has 0 amide bonds. The molecule has 2 aliphatic carbocycles. The summed E-state index contributed by atoms with van der Waals surface area (Å²) in [5, 5.41) is 0. The van der Waals surface area contributed by atoms with Gasteiger partial charge in [-0.15, -0.1) is 0 Å². The van der Waals surface area contributed by atoms with E-state index in [2.05, 4.69) is 261 Å². The zero-order valence-corrected chi connectivity index (χ0v) is 73.8. The Morgan fingerprint density at radius 2 is 0.573 bits per heavy atom. The highest BCUT2D eigenvalue weighted by atomic mass is 16.7. The maximum absolute atomic E-state index is 5.98. The van der Waals surface area contributed by atoms with E-state index in [0.717, 1.165) is 45.7 Å². The SMILES string of the molecule is CCCCCCCCC1(CCCCCCCC)c2cc(-c3ccc(COCOCC4(CC)COC4)cc3)ccc2-c2ccc(-c3ccc(N(c4ccc(C)cc4)c4ccc(CCCC)cc4)cc3)cc21.CCCCCCCCC1(CCCCCCCC)c2cc(C)ccc2-c2ccc(-c3ccc(COCOCC4(CC)COC4)cc3)cc21. The first-order valence-corrected chi connectivity index (χ1v) is 46.7. The van der Waals surface area contributed by atoms with Crippen LogP contribution in [0.4, 0.5) is 17.1 Å². The second-order valence-electron chi connectivity index (χ2n) is 35.8. The average Bonchev–Trinajstić information content (AvgIpc) is 1.56. The van der Waals surface area contributed by atoms with Crippen LogP contribution < -0.4 is 4.90 Å². The molecule has 7 heteroatoms. The summed E-state index contributed by atoms with van der Waals surface area (Å²) in [7, 11) is 0. The third-order valence-corrected chi connectivity index (χ3v) is 26.9. The number of anilines is 3. The quantitative estimate of drug-likeness (QED) is 0.0278. The van der Waals surface area contributed by atoms with Crippen molar-refractivity contribution in [3.63, 3.8) is 0 Å². The smallest absolute Gasteiger partial charge is 0.147 e. The Balaban J connectivity index is 0.000000233. The lowest BCUT2D eigenvalue weighted by Gasteiger charge is -2.40. The number of fused-ring (bicyclic) bond motifs is 6. The summed E-state index contributed by atoms with van der Waals surface area (Å²) in [6.45, 7) is 26.7. The number of hydrogen-bond donors (Lipinski definition) is 0. The van der Waals surface area contributed by atoms with Crippen LogP contribution in [0, 0.1) is 24.7 Å². The third kappa shape index (κ3) is 23.2. The number of hydrogen-bond acceptors (Lipinski definition) is 7. The van der Waals surface area contributed by atoms with E-state index in [-0.39, 0.29) is 21.7 Å². The van der Waals surface area contributed by atoms with Crippen LogP contribution >= 0.6 is 0 Å². The number of aryl methyl sites for hydroxylation is 3. The minimum absolute atomic E-state index is 0.0343. The zero-order chi connectivity index (χ0) is 81.6. The molecule has 0 aromatic heterocycles. The Labute approximate surface area is 708 Å². The molecule has 117 heavy (non-hydrogen) atoms. The predicted octanol–water partition coefficient (Wildman–Crippen LogP) is 31.2. The fraction of sp³-hybridized carbons (Fsp3) is 0.509. The number of benzene rings is 9. The fourth-order valence-electron chi connectivity index (χ4n) is 19.0. The van der Waals surface area contributed by atoms with E-state index in [1.165, 1.54) is 304 Å². The number of ether oxygens (including phenoxy) is 6. The lowest BCUT2D eigenvalue weighted by Crippen LogP contribution is -2.45. The molecule has 0 saturated carbocycles. The lowest BCUT2D eigenvalue weighted by molar-refractivity contribution is -0.174. The van der Waals surface area contributed by atoms with E-state index in [1.807, 2.05) is 0 Å². The summed E-state index contributed by atoms with van der Waals surface area (Å²) < 4.78 is 34.5. The monoisotopic (exact) mass is 1580 g/mol. The van der Waals surface area contributed by atoms with Crippen molar-refractivity contribution in [1.82, 2.24) is 0 Å². The molecule has 9 aromatic rings. The van der Waals surface area contributed by atoms with Crippen molar-refractivity contribution in [3.05, 3.63) is 244 Å². The van der Waals surface area contributed by atoms with Crippen molar-refractivity contribution < 1.29 is 28.4 Å². The zero-order valence-electron chi connectivity index (χ0n) is 73.8. The van der Waals surface area contributed by atoms with Crippen LogP contribution in [0.1, 0.15) is 304 Å². The van der Waals surface area contributed by atoms with Gasteiger partial charge >= 0.3 is 0 Å². The summed E-state index contributed by atoms with van der Waals surface area (Å²) in [6.07, 6.45) is 42.4. The molecular formula is C110H145NO6. The number of rotatable bonds is 51. The van der Waals surface area contributed by atoms with Crippen molar-refractivity contribution >= 4 is 17.1 Å². The van der Waals surface area contributed by atoms with Gasteiger partial charge in [-0.1, -0.05) is 360 Å². The van der Waals surface area contributed by atoms with Crippen LogP contribution in [0.3, 0.4) is 0 Å². The molecule has 2 saturated heterocycles. The largest absolute Gasteiger partial charge is 0.380 e. The molecule has 2 aliphatic heterocycles. The molecule has 0 bridgehead atoms. The van der Waals surface area contributed by atoms with Gasteiger partial charge in [0.05, 0.1) is 52.9 Å². The van der Waals surface area contributed by atoms with E-state index in [4.69, 9.17) is 28.4 Å². The van der Waals surface area contributed by atoms with E-state index >= 15 is 0 Å². The van der Waals surface area contributed by atoms with Gasteiger partial charge in [0.2, 0.25) is 0 Å². The Bertz CT molecular complexity index is 4370. The van der Waals surface area contributed by atoms with E-state index in [9.17, 15) is 0 Å². The normalized spacial score (nSPS) is 14.9. The highest BCUT2D eigenvalue weighted by molar-refractivity contribution is 5.88. The molecule has 0 N–H and O–H groups in total. The van der Waals surface area contributed by atoms with E-state index < -0.39 is 0 Å². The van der Waals surface area contributed by atoms with Gasteiger partial charge in [0, 0.05) is 38.7 Å². The van der Waals surface area contributed by atoms with Gasteiger partial charge in [-0.3, -0.25) is 0 Å². The van der Waals surface area contributed by atoms with Crippen molar-refractivity contribution in [3.8, 4) is 55.6 Å². The van der Waals surface area contributed by atoms with Gasteiger partial charge in [0.1, 0.15) is 13.6 Å². The molecule has 4 aliphatic rings. The van der Waals surface area contributed by atoms with Gasteiger partial charge in [-0.05, 0) is 214 Å². The molecule has 0 radical (unpaired) electrons. The summed E-state index contributed by atoms with van der Waals surface area (Å²) in [5.41, 5.74) is 30.2. The number of nitrogens with zero attached hydrogens (tertiary/aromatic N) is 1. The first-order valence-electron chi connectivity index (χ1n) is 46.7. The second-order valence-corrected chi connectivity index (χ2v) is 35.8. The van der Waals surface area contributed by atoms with E-state index in [0.29, 0.717) is 40.0 Å². The minimum atomic E-state index is -0.0343. The topological polar surface area (TPSA) is 58.6 Å². The Morgan fingerprint density at radius 3 is 0.915 bits per heavy atom. The van der Waals surface area contributed by atoms with Crippen molar-refractivity contribution in [2.75, 3.05) is 58.1 Å². The van der Waals surface area contributed by atoms with Crippen LogP contribution in [0.5, 0.6) is 0 Å². The summed E-state index contributed by atoms with van der Waals surface area (Å²) in [6, 6.07) is 75.0. The molecule has 13 rings (SSSR count). The molecule has 2 fully saturated rings. The summed E-state index contributed by atoms with van der Waals surface area (Å²) in [4.78, 5) is 2.40. The second kappa shape index (κ2) is 45.3. The Hall–Kier alpha value is -7.46. The third-order valence-electron chi connectivity index (χ3n) is 26.9. The standard InChI is InChI=1S/C66H83NO3.C44H62O3/c1-6-10-13-15-17-19-42-66(43-20-18-16-14-11-7-2)63-44-56(54-28-24-53(25-29-54)46-68-50-70-49-65(9-4)47-69-48-65)32-40-61(63)62-41-33-57(45-64(62)66)55-30-38-60(39-31-55)67(58-34-22-51(5)23-35-58)59-36-26-52(27-37-59)21-12-8-3;1-5-8-10-12-14-16-26-44(27-17-15-13-11-9-6-2)41-28-35(4)18-24-39(41)40-25-23-38(29-42(40)44)37-21-19-36(20-22-37)30-45-34-47-33-43(7-3)31-46-32-43/h22-41,44-45H,6-21,42-43,46-50H2,1-5H3;18-25,28-29H,5-17,26-27,30-34H2,1-4H3. The van der Waals surface area contributed by atoms with E-state index in [1.54, 1.807) is 11.1 Å². The fourth-order valence-corrected chi connectivity index (χ4v) is 19.0. The highest BCUT2D eigenvalue weighted by Crippen LogP contribution is 2.58. The Morgan fingerprint density at radius 1 is 0.282 bits per heavy atom. The van der Waals surface area contributed by atoms with Crippen molar-refractivity contribution in [2.24, 2.45) is 10.8 Å². The van der Waals surface area contributed by atoms with Crippen LogP contribution in [0.15, 0.2) is 194 Å². The lowest BCUT2D eigenvalue weighted by atomic mass is 9.70. The molecular weight excluding hydrogens is 1430 g/mol. The highest BCUT2D eigenvalue weighted by Gasteiger charge is 2.45. The van der Waals surface area contributed by atoms with Crippen molar-refractivity contribution in [1.29, 1.82) is 0 Å². The summed E-state index contributed by atoms with van der Waals surface area (Å²) >= 11 is 0. The maximum Gasteiger partial charge on any atom is 0.147 e. The average molecular weight is 1580 g/mol. The maximum atomic E-state index is 5.98. The molecule has 626 valence electrons. The first-order chi connectivity index (χ1) is 57.4. The van der Waals surface area contributed by atoms with Crippen LogP contribution in [0.25, 0.3) is 55.6 Å². The van der Waals surface area contributed by atoms with Gasteiger partial charge in [0.25, 0.3) is 0 Å². The minimum Gasteiger partial charge on any atom is -0.380 e.